The number of hydrogen-bond donors (Lipinski definition) is 2. The van der Waals surface area contributed by atoms with Crippen LogP contribution in [0.4, 0.5) is 5.69 Å². The van der Waals surface area contributed by atoms with Gasteiger partial charge in [0.25, 0.3) is 5.91 Å². The fraction of sp³-hybridized carbons (Fsp3) is 0.200. The van der Waals surface area contributed by atoms with E-state index in [9.17, 15) is 10.1 Å². The molecule has 0 aromatic heterocycles. The Balaban J connectivity index is 2.25. The van der Waals surface area contributed by atoms with Crippen molar-refractivity contribution < 1.29 is 14.3 Å². The molecule has 1 atom stereocenters. The molecule has 3 rings (SSSR count). The van der Waals surface area contributed by atoms with Crippen molar-refractivity contribution in [3.8, 4) is 17.6 Å². The zero-order chi connectivity index (χ0) is 19.6. The van der Waals surface area contributed by atoms with E-state index in [1.54, 1.807) is 32.4 Å². The molecule has 1 N–H and O–H groups in total. The van der Waals surface area contributed by atoms with Gasteiger partial charge in [0.1, 0.15) is 29.3 Å². The summed E-state index contributed by atoms with van der Waals surface area (Å²) in [6.07, 6.45) is -0.617. The molecule has 0 saturated heterocycles. The van der Waals surface area contributed by atoms with Gasteiger partial charge in [-0.1, -0.05) is 18.2 Å². The zero-order valence-corrected chi connectivity index (χ0v) is 16.1. The summed E-state index contributed by atoms with van der Waals surface area (Å²) >= 11 is 4.52. The van der Waals surface area contributed by atoms with E-state index in [2.05, 4.69) is 17.9 Å². The van der Waals surface area contributed by atoms with Gasteiger partial charge in [0.2, 0.25) is 0 Å². The van der Waals surface area contributed by atoms with Crippen molar-refractivity contribution >= 4 is 24.2 Å². The Kier molecular flexibility index (Phi) is 5.28. The highest BCUT2D eigenvalue weighted by Crippen LogP contribution is 2.40. The minimum Gasteiger partial charge on any atom is -0.497 e. The standard InChI is InChI=1S/C20H19N3O3S/c1-12-6-4-5-7-16(12)23-18(22-19(24)15(11-21)20(23)27)14-10-13(25-2)8-9-17(14)26-3/h4-10,18,27H,1-3H3,(H,22,24)/t18-/m1/s1. The van der Waals surface area contributed by atoms with Crippen LogP contribution in [-0.2, 0) is 4.79 Å². The van der Waals surface area contributed by atoms with Crippen molar-refractivity contribution in [3.05, 3.63) is 64.2 Å². The van der Waals surface area contributed by atoms with Gasteiger partial charge in [0.15, 0.2) is 0 Å². The molecule has 0 spiro atoms. The van der Waals surface area contributed by atoms with E-state index >= 15 is 0 Å². The Morgan fingerprint density at radius 3 is 2.56 bits per heavy atom. The number of benzene rings is 2. The molecule has 2 aromatic rings. The van der Waals surface area contributed by atoms with Crippen LogP contribution in [0, 0.1) is 18.3 Å². The van der Waals surface area contributed by atoms with Crippen LogP contribution in [0.15, 0.2) is 53.1 Å². The number of nitrogens with one attached hydrogen (secondary N) is 1. The van der Waals surface area contributed by atoms with Gasteiger partial charge < -0.3 is 19.7 Å². The number of carbonyl (C=O) groups is 1. The van der Waals surface area contributed by atoms with Crippen molar-refractivity contribution in [1.82, 2.24) is 5.32 Å². The predicted octanol–water partition coefficient (Wildman–Crippen LogP) is 3.31. The molecule has 1 amide bonds. The molecule has 27 heavy (non-hydrogen) atoms. The summed E-state index contributed by atoms with van der Waals surface area (Å²) in [5.41, 5.74) is 2.45. The maximum absolute atomic E-state index is 12.5. The smallest absolute Gasteiger partial charge is 0.266 e. The van der Waals surface area contributed by atoms with Crippen LogP contribution in [0.1, 0.15) is 17.3 Å². The second-order valence-corrected chi connectivity index (χ2v) is 6.37. The summed E-state index contributed by atoms with van der Waals surface area (Å²) in [5.74, 6) is 0.726. The number of carbonyl (C=O) groups excluding carboxylic acids is 1. The van der Waals surface area contributed by atoms with E-state index in [1.807, 2.05) is 42.2 Å². The fourth-order valence-corrected chi connectivity index (χ4v) is 3.44. The summed E-state index contributed by atoms with van der Waals surface area (Å²) in [6, 6.07) is 15.0. The van der Waals surface area contributed by atoms with Gasteiger partial charge in [0.05, 0.1) is 19.2 Å². The molecule has 2 aromatic carbocycles. The van der Waals surface area contributed by atoms with E-state index in [0.717, 1.165) is 11.3 Å². The molecular formula is C20H19N3O3S. The van der Waals surface area contributed by atoms with Gasteiger partial charge >= 0.3 is 0 Å². The lowest BCUT2D eigenvalue weighted by Gasteiger charge is -2.39. The van der Waals surface area contributed by atoms with Gasteiger partial charge in [-0.05, 0) is 36.8 Å². The molecule has 6 nitrogen and oxygen atoms in total. The van der Waals surface area contributed by atoms with Crippen LogP contribution in [0.3, 0.4) is 0 Å². The monoisotopic (exact) mass is 381 g/mol. The average molecular weight is 381 g/mol. The predicted molar refractivity (Wildman–Crippen MR) is 106 cm³/mol. The van der Waals surface area contributed by atoms with Gasteiger partial charge in [-0.3, -0.25) is 4.79 Å². The summed E-state index contributed by atoms with van der Waals surface area (Å²) < 4.78 is 10.8. The highest BCUT2D eigenvalue weighted by molar-refractivity contribution is 7.84. The molecule has 7 heteroatoms. The number of nitriles is 1. The quantitative estimate of drug-likeness (QED) is 0.795. The first-order valence-electron chi connectivity index (χ1n) is 8.22. The topological polar surface area (TPSA) is 74.6 Å². The second kappa shape index (κ2) is 7.64. The molecule has 1 aliphatic rings. The largest absolute Gasteiger partial charge is 0.497 e. The third-order valence-electron chi connectivity index (χ3n) is 4.42. The van der Waals surface area contributed by atoms with Gasteiger partial charge in [0, 0.05) is 11.3 Å². The Hall–Kier alpha value is -3.11. The Labute approximate surface area is 163 Å². The number of thiol groups is 1. The van der Waals surface area contributed by atoms with Crippen molar-refractivity contribution in [2.75, 3.05) is 19.1 Å². The summed E-state index contributed by atoms with van der Waals surface area (Å²) in [7, 11) is 3.13. The number of aryl methyl sites for hydroxylation is 1. The van der Waals surface area contributed by atoms with E-state index in [4.69, 9.17) is 9.47 Å². The molecule has 0 radical (unpaired) electrons. The van der Waals surface area contributed by atoms with E-state index < -0.39 is 12.1 Å². The van der Waals surface area contributed by atoms with Crippen LogP contribution in [0.5, 0.6) is 11.5 Å². The third kappa shape index (κ3) is 3.32. The zero-order valence-electron chi connectivity index (χ0n) is 15.2. The van der Waals surface area contributed by atoms with Crippen molar-refractivity contribution in [2.45, 2.75) is 13.1 Å². The molecule has 1 aliphatic heterocycles. The molecule has 0 bridgehead atoms. The maximum Gasteiger partial charge on any atom is 0.266 e. The van der Waals surface area contributed by atoms with E-state index in [1.165, 1.54) is 0 Å². The number of anilines is 1. The maximum atomic E-state index is 12.5. The van der Waals surface area contributed by atoms with Gasteiger partial charge in [-0.2, -0.15) is 5.26 Å². The van der Waals surface area contributed by atoms with Crippen LogP contribution in [0.25, 0.3) is 0 Å². The number of amides is 1. The van der Waals surface area contributed by atoms with Crippen LogP contribution in [0.2, 0.25) is 0 Å². The number of para-hydroxylation sites is 1. The van der Waals surface area contributed by atoms with Crippen LogP contribution >= 0.6 is 12.6 Å². The molecule has 1 heterocycles. The first-order chi connectivity index (χ1) is 13.0. The highest BCUT2D eigenvalue weighted by Gasteiger charge is 2.36. The van der Waals surface area contributed by atoms with Crippen LogP contribution < -0.4 is 19.7 Å². The lowest BCUT2D eigenvalue weighted by atomic mass is 10.0. The normalized spacial score (nSPS) is 16.6. The number of nitrogens with zero attached hydrogens (tertiary/aromatic N) is 2. The minimum atomic E-state index is -0.617. The Morgan fingerprint density at radius 1 is 1.19 bits per heavy atom. The Morgan fingerprint density at radius 2 is 1.93 bits per heavy atom. The number of rotatable bonds is 4. The van der Waals surface area contributed by atoms with Crippen molar-refractivity contribution in [1.29, 1.82) is 5.26 Å². The Bertz CT molecular complexity index is 965. The summed E-state index contributed by atoms with van der Waals surface area (Å²) in [6.45, 7) is 1.96. The molecule has 0 unspecified atom stereocenters. The summed E-state index contributed by atoms with van der Waals surface area (Å²) in [4.78, 5) is 14.3. The van der Waals surface area contributed by atoms with Gasteiger partial charge in [-0.15, -0.1) is 12.6 Å². The second-order valence-electron chi connectivity index (χ2n) is 5.95. The fourth-order valence-electron chi connectivity index (χ4n) is 3.06. The molecule has 138 valence electrons. The SMILES string of the molecule is COc1ccc(OC)c([C@@H]2NC(=O)C(C#N)=C(S)N2c2ccccc2C)c1. The number of hydrogen-bond acceptors (Lipinski definition) is 6. The van der Waals surface area contributed by atoms with Crippen molar-refractivity contribution in [2.24, 2.45) is 0 Å². The lowest BCUT2D eigenvalue weighted by Crippen LogP contribution is -2.46. The van der Waals surface area contributed by atoms with Gasteiger partial charge in [-0.25, -0.2) is 0 Å². The molecule has 0 saturated carbocycles. The molecular weight excluding hydrogens is 362 g/mol. The number of methoxy groups -OCH3 is 2. The highest BCUT2D eigenvalue weighted by atomic mass is 32.1. The molecule has 0 fully saturated rings. The summed E-state index contributed by atoms with van der Waals surface area (Å²) in [5, 5.41) is 12.6. The van der Waals surface area contributed by atoms with E-state index in [0.29, 0.717) is 17.1 Å². The number of ether oxygens (including phenoxy) is 2. The first-order valence-corrected chi connectivity index (χ1v) is 8.67. The van der Waals surface area contributed by atoms with Crippen molar-refractivity contribution in [3.63, 3.8) is 0 Å². The lowest BCUT2D eigenvalue weighted by molar-refractivity contribution is -0.118. The molecule has 0 aliphatic carbocycles. The van der Waals surface area contributed by atoms with E-state index in [-0.39, 0.29) is 10.6 Å². The minimum absolute atomic E-state index is 0.0419. The van der Waals surface area contributed by atoms with Crippen LogP contribution in [-0.4, -0.2) is 20.1 Å². The third-order valence-corrected chi connectivity index (χ3v) is 4.86. The average Bonchev–Trinajstić information content (AvgIpc) is 2.68. The first kappa shape index (κ1) is 18.7.